The van der Waals surface area contributed by atoms with Gasteiger partial charge in [0.25, 0.3) is 0 Å². The van der Waals surface area contributed by atoms with Crippen LogP contribution in [0.25, 0.3) is 99.2 Å². The van der Waals surface area contributed by atoms with Crippen LogP contribution in [-0.4, -0.2) is 17.0 Å². The summed E-state index contributed by atoms with van der Waals surface area (Å²) in [6, 6.07) is 62.9. The van der Waals surface area contributed by atoms with Gasteiger partial charge in [0.2, 0.25) is 0 Å². The van der Waals surface area contributed by atoms with Crippen molar-refractivity contribution in [2.75, 3.05) is 0 Å². The third-order valence-electron chi connectivity index (χ3n) is 10.7. The Balaban J connectivity index is 1.12. The lowest BCUT2D eigenvalue weighted by Gasteiger charge is -2.09. The SMILES string of the molecule is [B]c1cccc2oc3ccc(-c4ccc5c(c4)c4cc(-c6ccc7c(c6)c6ccccc6n7-c6ccccc6)ccc4n5-c4ccccc4)cc3c12. The van der Waals surface area contributed by atoms with Crippen LogP contribution in [0.4, 0.5) is 0 Å². The zero-order valence-electron chi connectivity index (χ0n) is 28.1. The predicted molar refractivity (Wildman–Crippen MR) is 219 cm³/mol. The van der Waals surface area contributed by atoms with Crippen LogP contribution >= 0.6 is 0 Å². The van der Waals surface area contributed by atoms with Crippen LogP contribution < -0.4 is 5.46 Å². The second kappa shape index (κ2) is 11.1. The molecule has 0 saturated heterocycles. The minimum atomic E-state index is 0.727. The van der Waals surface area contributed by atoms with Crippen LogP contribution in [0, 0.1) is 0 Å². The second-order valence-electron chi connectivity index (χ2n) is 13.6. The number of para-hydroxylation sites is 3. The molecule has 11 rings (SSSR count). The lowest BCUT2D eigenvalue weighted by Crippen LogP contribution is -2.01. The number of rotatable bonds is 4. The number of benzene rings is 8. The van der Waals surface area contributed by atoms with Gasteiger partial charge in [0.05, 0.1) is 22.1 Å². The zero-order valence-corrected chi connectivity index (χ0v) is 28.1. The minimum absolute atomic E-state index is 0.727. The predicted octanol–water partition coefficient (Wildman–Crippen LogP) is 11.9. The fraction of sp³-hybridized carbons (Fsp3) is 0. The van der Waals surface area contributed by atoms with Crippen molar-refractivity contribution in [1.29, 1.82) is 0 Å². The number of hydrogen-bond acceptors (Lipinski definition) is 1. The average molecular weight is 661 g/mol. The molecule has 0 aliphatic rings. The molecule has 8 aromatic carbocycles. The molecule has 0 N–H and O–H groups in total. The van der Waals surface area contributed by atoms with Crippen LogP contribution in [-0.2, 0) is 0 Å². The Bertz CT molecular complexity index is 3190. The molecular formula is C48H29BN2O. The third-order valence-corrected chi connectivity index (χ3v) is 10.7. The maximum absolute atomic E-state index is 6.43. The minimum Gasteiger partial charge on any atom is -0.456 e. The molecule has 4 heteroatoms. The monoisotopic (exact) mass is 660 g/mol. The van der Waals surface area contributed by atoms with Gasteiger partial charge in [-0.3, -0.25) is 0 Å². The summed E-state index contributed by atoms with van der Waals surface area (Å²) in [7, 11) is 6.43. The Kier molecular flexibility index (Phi) is 6.20. The van der Waals surface area contributed by atoms with E-state index in [2.05, 4.69) is 167 Å². The summed E-state index contributed by atoms with van der Waals surface area (Å²) in [4.78, 5) is 0. The van der Waals surface area contributed by atoms with Crippen LogP contribution in [0.2, 0.25) is 0 Å². The van der Waals surface area contributed by atoms with Crippen molar-refractivity contribution in [3.8, 4) is 33.6 Å². The highest BCUT2D eigenvalue weighted by Crippen LogP contribution is 2.40. The summed E-state index contributed by atoms with van der Waals surface area (Å²) >= 11 is 0. The zero-order chi connectivity index (χ0) is 34.3. The molecule has 0 fully saturated rings. The van der Waals surface area contributed by atoms with Gasteiger partial charge in [0.15, 0.2) is 0 Å². The summed E-state index contributed by atoms with van der Waals surface area (Å²) in [5.74, 6) is 0. The van der Waals surface area contributed by atoms with Gasteiger partial charge in [-0.25, -0.2) is 0 Å². The number of furan rings is 1. The van der Waals surface area contributed by atoms with Crippen molar-refractivity contribution in [3.63, 3.8) is 0 Å². The highest BCUT2D eigenvalue weighted by atomic mass is 16.3. The molecule has 0 amide bonds. The van der Waals surface area contributed by atoms with E-state index in [-0.39, 0.29) is 0 Å². The largest absolute Gasteiger partial charge is 0.456 e. The number of aromatic nitrogens is 2. The smallest absolute Gasteiger partial charge is 0.135 e. The highest BCUT2D eigenvalue weighted by molar-refractivity contribution is 6.41. The van der Waals surface area contributed by atoms with Gasteiger partial charge in [-0.1, -0.05) is 96.5 Å². The van der Waals surface area contributed by atoms with Gasteiger partial charge in [0, 0.05) is 43.7 Å². The fourth-order valence-electron chi connectivity index (χ4n) is 8.28. The first-order valence-corrected chi connectivity index (χ1v) is 17.6. The van der Waals surface area contributed by atoms with E-state index in [9.17, 15) is 0 Å². The Hall–Kier alpha value is -6.78. The third kappa shape index (κ3) is 4.28. The van der Waals surface area contributed by atoms with Gasteiger partial charge in [-0.05, 0) is 107 Å². The Labute approximate surface area is 301 Å². The van der Waals surface area contributed by atoms with Crippen molar-refractivity contribution in [2.45, 2.75) is 0 Å². The van der Waals surface area contributed by atoms with E-state index in [0.717, 1.165) is 49.9 Å². The van der Waals surface area contributed by atoms with Crippen molar-refractivity contribution in [1.82, 2.24) is 9.13 Å². The Morgan fingerprint density at radius 3 is 1.38 bits per heavy atom. The highest BCUT2D eigenvalue weighted by Gasteiger charge is 2.17. The van der Waals surface area contributed by atoms with Gasteiger partial charge in [-0.15, -0.1) is 0 Å². The average Bonchev–Trinajstić information content (AvgIpc) is 3.85. The topological polar surface area (TPSA) is 23.0 Å². The summed E-state index contributed by atoms with van der Waals surface area (Å²) < 4.78 is 10.9. The van der Waals surface area contributed by atoms with Gasteiger partial charge < -0.3 is 13.6 Å². The standard InChI is InChI=1S/C48H29BN2O/c49-41-15-9-17-47-48(41)40-29-33(21-25-46(40)52-47)32-20-24-45-39(28-32)38-27-31(19-23-44(38)51(45)35-12-5-2-6-13-35)30-18-22-43-37(26-30)36-14-7-8-16-42(36)50(43)34-10-3-1-4-11-34/h1-29H. The molecule has 2 radical (unpaired) electrons. The van der Waals surface area contributed by atoms with Crippen LogP contribution in [0.5, 0.6) is 0 Å². The molecule has 0 unspecified atom stereocenters. The van der Waals surface area contributed by atoms with E-state index >= 15 is 0 Å². The van der Waals surface area contributed by atoms with Crippen molar-refractivity contribution < 1.29 is 4.42 Å². The second-order valence-corrected chi connectivity index (χ2v) is 13.6. The van der Waals surface area contributed by atoms with Gasteiger partial charge in [0.1, 0.15) is 19.0 Å². The van der Waals surface area contributed by atoms with Crippen molar-refractivity contribution in [2.24, 2.45) is 0 Å². The summed E-state index contributed by atoms with van der Waals surface area (Å²) in [6.07, 6.45) is 0. The molecule has 240 valence electrons. The molecule has 3 heterocycles. The lowest BCUT2D eigenvalue weighted by molar-refractivity contribution is 0.669. The molecule has 52 heavy (non-hydrogen) atoms. The van der Waals surface area contributed by atoms with Crippen LogP contribution in [0.3, 0.4) is 0 Å². The van der Waals surface area contributed by atoms with Gasteiger partial charge >= 0.3 is 0 Å². The van der Waals surface area contributed by atoms with Crippen LogP contribution in [0.15, 0.2) is 180 Å². The first-order valence-electron chi connectivity index (χ1n) is 17.6. The summed E-state index contributed by atoms with van der Waals surface area (Å²) in [5.41, 5.74) is 14.1. The van der Waals surface area contributed by atoms with E-state index in [1.54, 1.807) is 0 Å². The fourth-order valence-corrected chi connectivity index (χ4v) is 8.28. The van der Waals surface area contributed by atoms with Gasteiger partial charge in [-0.2, -0.15) is 0 Å². The van der Waals surface area contributed by atoms with Crippen LogP contribution in [0.1, 0.15) is 0 Å². The normalized spacial score (nSPS) is 11.9. The van der Waals surface area contributed by atoms with E-state index in [1.807, 2.05) is 18.2 Å². The number of fused-ring (bicyclic) bond motifs is 9. The quantitative estimate of drug-likeness (QED) is 0.172. The van der Waals surface area contributed by atoms with E-state index in [1.165, 1.54) is 54.7 Å². The Morgan fingerprint density at radius 2 is 0.808 bits per heavy atom. The molecule has 0 atom stereocenters. The maximum atomic E-state index is 6.43. The Morgan fingerprint density at radius 1 is 0.346 bits per heavy atom. The summed E-state index contributed by atoms with van der Waals surface area (Å²) in [5, 5.41) is 6.91. The number of hydrogen-bond donors (Lipinski definition) is 0. The molecule has 3 nitrogen and oxygen atoms in total. The van der Waals surface area contributed by atoms with Crippen molar-refractivity contribution in [3.05, 3.63) is 176 Å². The molecule has 11 aromatic rings. The van der Waals surface area contributed by atoms with E-state index < -0.39 is 0 Å². The lowest BCUT2D eigenvalue weighted by atomic mass is 9.90. The van der Waals surface area contributed by atoms with E-state index in [0.29, 0.717) is 0 Å². The molecule has 0 aliphatic heterocycles. The molecule has 0 bridgehead atoms. The molecule has 0 saturated carbocycles. The number of nitrogens with zero attached hydrogens (tertiary/aromatic N) is 2. The molecule has 0 aliphatic carbocycles. The van der Waals surface area contributed by atoms with Crippen molar-refractivity contribution >= 4 is 78.9 Å². The maximum Gasteiger partial charge on any atom is 0.135 e. The first-order chi connectivity index (χ1) is 25.7. The summed E-state index contributed by atoms with van der Waals surface area (Å²) in [6.45, 7) is 0. The first kappa shape index (κ1) is 29.0. The molecular weight excluding hydrogens is 631 g/mol. The van der Waals surface area contributed by atoms with E-state index in [4.69, 9.17) is 12.3 Å². The molecule has 0 spiro atoms. The molecule has 3 aromatic heterocycles.